The van der Waals surface area contributed by atoms with E-state index in [-0.39, 0.29) is 0 Å². The quantitative estimate of drug-likeness (QED) is 0.458. The lowest BCUT2D eigenvalue weighted by Gasteiger charge is -2.14. The van der Waals surface area contributed by atoms with Gasteiger partial charge in [-0.1, -0.05) is 24.3 Å². The van der Waals surface area contributed by atoms with Crippen LogP contribution in [0.3, 0.4) is 0 Å². The van der Waals surface area contributed by atoms with Gasteiger partial charge in [0.1, 0.15) is 0 Å². The Labute approximate surface area is 174 Å². The molecule has 0 aliphatic rings. The maximum atomic E-state index is 5.60. The number of hydrogen-bond donors (Lipinski definition) is 0. The first-order chi connectivity index (χ1) is 14.0. The number of para-hydroxylation sites is 1. The Morgan fingerprint density at radius 3 is 2.41 bits per heavy atom. The molecule has 7 nitrogen and oxygen atoms in total. The fourth-order valence-electron chi connectivity index (χ4n) is 3.35. The van der Waals surface area contributed by atoms with Crippen LogP contribution in [0.5, 0.6) is 0 Å². The van der Waals surface area contributed by atoms with Crippen molar-refractivity contribution in [1.29, 1.82) is 0 Å². The highest BCUT2D eigenvalue weighted by Crippen LogP contribution is 2.14. The molecule has 0 aliphatic carbocycles. The second-order valence-corrected chi connectivity index (χ2v) is 7.67. The molecular weight excluding hydrogens is 382 g/mol. The van der Waals surface area contributed by atoms with Gasteiger partial charge in [-0.3, -0.25) is 4.90 Å². The van der Waals surface area contributed by atoms with Crippen molar-refractivity contribution < 1.29 is 0 Å². The summed E-state index contributed by atoms with van der Waals surface area (Å²) < 4.78 is 5.89. The molecule has 0 spiro atoms. The van der Waals surface area contributed by atoms with Crippen LogP contribution < -0.4 is 0 Å². The largest absolute Gasteiger partial charge is 0.283 e. The van der Waals surface area contributed by atoms with Gasteiger partial charge in [0.25, 0.3) is 0 Å². The van der Waals surface area contributed by atoms with Crippen LogP contribution >= 0.6 is 12.2 Å². The van der Waals surface area contributed by atoms with Gasteiger partial charge in [0.05, 0.1) is 24.2 Å². The third kappa shape index (κ3) is 4.33. The van der Waals surface area contributed by atoms with Gasteiger partial charge in [-0.05, 0) is 78.9 Å². The summed E-state index contributed by atoms with van der Waals surface area (Å²) in [5.41, 5.74) is 5.43. The topological polar surface area (TPSA) is 56.7 Å². The lowest BCUT2D eigenvalue weighted by Crippen LogP contribution is -2.22. The third-order valence-electron chi connectivity index (χ3n) is 4.58. The molecule has 2 heterocycles. The number of rotatable bonds is 6. The molecule has 0 aliphatic heterocycles. The van der Waals surface area contributed by atoms with Crippen LogP contribution in [-0.2, 0) is 13.2 Å². The van der Waals surface area contributed by atoms with Crippen LogP contribution in [0.25, 0.3) is 11.4 Å². The molecule has 0 fully saturated rings. The van der Waals surface area contributed by atoms with E-state index in [4.69, 9.17) is 12.2 Å². The summed E-state index contributed by atoms with van der Waals surface area (Å²) >= 11 is 5.60. The summed E-state index contributed by atoms with van der Waals surface area (Å²) in [5, 5.41) is 13.0. The minimum absolute atomic E-state index is 0.542. The van der Waals surface area contributed by atoms with Crippen LogP contribution in [-0.4, -0.2) is 41.5 Å². The molecule has 0 unspecified atom stereocenters. The van der Waals surface area contributed by atoms with E-state index in [0.717, 1.165) is 23.5 Å². The summed E-state index contributed by atoms with van der Waals surface area (Å²) in [7, 11) is 2.03. The molecule has 0 saturated carbocycles. The normalized spacial score (nSPS) is 11.3. The molecule has 2 aromatic heterocycles. The first kappa shape index (κ1) is 19.2. The highest BCUT2D eigenvalue weighted by Gasteiger charge is 2.10. The van der Waals surface area contributed by atoms with Gasteiger partial charge < -0.3 is 0 Å². The number of aryl methyl sites for hydroxylation is 2. The molecule has 2 aromatic carbocycles. The fourth-order valence-corrected chi connectivity index (χ4v) is 3.59. The highest BCUT2D eigenvalue weighted by molar-refractivity contribution is 7.71. The molecule has 148 valence electrons. The molecule has 0 atom stereocenters. The van der Waals surface area contributed by atoms with E-state index in [1.165, 1.54) is 11.1 Å². The van der Waals surface area contributed by atoms with Crippen molar-refractivity contribution in [1.82, 2.24) is 34.5 Å². The van der Waals surface area contributed by atoms with E-state index in [0.29, 0.717) is 11.4 Å². The second kappa shape index (κ2) is 8.10. The zero-order chi connectivity index (χ0) is 20.4. The standard InChI is InChI=1S/C21H23N7S/c1-16-9-17(2)11-20(10-16)28-21(29)27(23-24-28)15-25(3)13-18-12-22-26(14-18)19-7-5-4-6-8-19/h4-12,14H,13,15H2,1-3H3. The molecule has 0 bridgehead atoms. The number of benzene rings is 2. The molecule has 0 saturated heterocycles. The molecular formula is C21H23N7S. The average Bonchev–Trinajstić information content (AvgIpc) is 3.29. The maximum Gasteiger partial charge on any atom is 0.221 e. The average molecular weight is 406 g/mol. The zero-order valence-corrected chi connectivity index (χ0v) is 17.5. The molecule has 0 amide bonds. The van der Waals surface area contributed by atoms with Gasteiger partial charge in [0, 0.05) is 18.3 Å². The third-order valence-corrected chi connectivity index (χ3v) is 4.96. The number of aromatic nitrogens is 6. The first-order valence-electron chi connectivity index (χ1n) is 9.38. The van der Waals surface area contributed by atoms with Crippen molar-refractivity contribution in [3.8, 4) is 11.4 Å². The fraction of sp³-hybridized carbons (Fsp3) is 0.238. The van der Waals surface area contributed by atoms with Crippen LogP contribution in [0.4, 0.5) is 0 Å². The molecule has 0 N–H and O–H groups in total. The lowest BCUT2D eigenvalue weighted by atomic mass is 10.1. The van der Waals surface area contributed by atoms with E-state index in [2.05, 4.69) is 52.5 Å². The Morgan fingerprint density at radius 2 is 1.69 bits per heavy atom. The van der Waals surface area contributed by atoms with Crippen molar-refractivity contribution in [2.75, 3.05) is 7.05 Å². The summed E-state index contributed by atoms with van der Waals surface area (Å²) in [6, 6.07) is 16.3. The monoisotopic (exact) mass is 405 g/mol. The minimum Gasteiger partial charge on any atom is -0.283 e. The van der Waals surface area contributed by atoms with Crippen molar-refractivity contribution in [2.45, 2.75) is 27.1 Å². The van der Waals surface area contributed by atoms with Crippen molar-refractivity contribution in [2.24, 2.45) is 0 Å². The number of hydrogen-bond acceptors (Lipinski definition) is 5. The van der Waals surface area contributed by atoms with Crippen LogP contribution in [0.2, 0.25) is 0 Å². The van der Waals surface area contributed by atoms with E-state index in [9.17, 15) is 0 Å². The van der Waals surface area contributed by atoms with Crippen molar-refractivity contribution in [3.63, 3.8) is 0 Å². The summed E-state index contributed by atoms with van der Waals surface area (Å²) in [4.78, 5) is 2.13. The van der Waals surface area contributed by atoms with Crippen LogP contribution in [0.1, 0.15) is 16.7 Å². The molecule has 8 heteroatoms. The predicted molar refractivity (Wildman–Crippen MR) is 115 cm³/mol. The second-order valence-electron chi connectivity index (χ2n) is 7.30. The maximum absolute atomic E-state index is 5.60. The van der Waals surface area contributed by atoms with Gasteiger partial charge in [0.15, 0.2) is 0 Å². The van der Waals surface area contributed by atoms with Gasteiger partial charge in [-0.25, -0.2) is 9.36 Å². The van der Waals surface area contributed by atoms with Crippen LogP contribution in [0, 0.1) is 18.6 Å². The minimum atomic E-state index is 0.542. The van der Waals surface area contributed by atoms with E-state index in [1.807, 2.05) is 54.5 Å². The summed E-state index contributed by atoms with van der Waals surface area (Å²) in [6.45, 7) is 5.40. The van der Waals surface area contributed by atoms with Gasteiger partial charge in [-0.15, -0.1) is 0 Å². The van der Waals surface area contributed by atoms with Gasteiger partial charge in [0.2, 0.25) is 4.77 Å². The van der Waals surface area contributed by atoms with E-state index in [1.54, 1.807) is 9.36 Å². The van der Waals surface area contributed by atoms with Crippen molar-refractivity contribution >= 4 is 12.2 Å². The molecule has 4 rings (SSSR count). The van der Waals surface area contributed by atoms with Gasteiger partial charge >= 0.3 is 0 Å². The van der Waals surface area contributed by atoms with E-state index >= 15 is 0 Å². The first-order valence-corrected chi connectivity index (χ1v) is 9.79. The Bertz CT molecular complexity index is 1150. The summed E-state index contributed by atoms with van der Waals surface area (Å²) in [6.07, 6.45) is 3.92. The predicted octanol–water partition coefficient (Wildman–Crippen LogP) is 3.69. The van der Waals surface area contributed by atoms with E-state index < -0.39 is 0 Å². The molecule has 4 aromatic rings. The zero-order valence-electron chi connectivity index (χ0n) is 16.7. The smallest absolute Gasteiger partial charge is 0.221 e. The Kier molecular flexibility index (Phi) is 5.37. The highest BCUT2D eigenvalue weighted by atomic mass is 32.1. The Hall–Kier alpha value is -3.10. The van der Waals surface area contributed by atoms with Crippen LogP contribution in [0.15, 0.2) is 60.9 Å². The summed E-state index contributed by atoms with van der Waals surface area (Å²) in [5.74, 6) is 0. The Balaban J connectivity index is 1.47. The molecule has 0 radical (unpaired) electrons. The van der Waals surface area contributed by atoms with Gasteiger partial charge in [-0.2, -0.15) is 9.78 Å². The Morgan fingerprint density at radius 1 is 0.966 bits per heavy atom. The van der Waals surface area contributed by atoms with Crippen molar-refractivity contribution in [3.05, 3.63) is 82.4 Å². The number of nitrogens with zero attached hydrogens (tertiary/aromatic N) is 7. The molecule has 29 heavy (non-hydrogen) atoms. The lowest BCUT2D eigenvalue weighted by molar-refractivity contribution is 0.242. The number of tetrazole rings is 1. The SMILES string of the molecule is Cc1cc(C)cc(-n2nnn(CN(C)Cc3cnn(-c4ccccc4)c3)c2=S)c1.